The summed E-state index contributed by atoms with van der Waals surface area (Å²) < 4.78 is 8.65. The van der Waals surface area contributed by atoms with Gasteiger partial charge in [-0.1, -0.05) is 0 Å². The summed E-state index contributed by atoms with van der Waals surface area (Å²) in [5, 5.41) is 21.4. The number of ether oxygens (including phenoxy) is 1. The molecule has 1 heterocycles. The van der Waals surface area contributed by atoms with Gasteiger partial charge in [0.15, 0.2) is 5.82 Å². The third-order valence-electron chi connectivity index (χ3n) is 2.24. The van der Waals surface area contributed by atoms with Crippen molar-refractivity contribution in [2.24, 2.45) is 0 Å². The van der Waals surface area contributed by atoms with E-state index < -0.39 is 17.0 Å². The molecule has 0 aliphatic rings. The Morgan fingerprint density at radius 1 is 1.36 bits per heavy atom. The summed E-state index contributed by atoms with van der Waals surface area (Å²) in [6.45, 7) is 0. The van der Waals surface area contributed by atoms with Gasteiger partial charge in [-0.2, -0.15) is 4.37 Å². The monoisotopic (exact) mass is 324 g/mol. The van der Waals surface area contributed by atoms with Crippen LogP contribution in [0.3, 0.4) is 0 Å². The number of non-ortho nitro benzene ring substituents is 1. The molecule has 10 nitrogen and oxygen atoms in total. The predicted molar refractivity (Wildman–Crippen MR) is 74.0 cm³/mol. The largest absolute Gasteiger partial charge is 0.481 e. The number of carboxylic acids is 1. The minimum absolute atomic E-state index is 0.0723. The van der Waals surface area contributed by atoms with Gasteiger partial charge in [-0.3, -0.25) is 20.2 Å². The molecular formula is C11H8N4O6S. The quantitative estimate of drug-likeness (QED) is 0.624. The van der Waals surface area contributed by atoms with E-state index in [2.05, 4.69) is 14.7 Å². The van der Waals surface area contributed by atoms with Crippen molar-refractivity contribution >= 4 is 34.4 Å². The second-order valence-corrected chi connectivity index (χ2v) is 4.60. The van der Waals surface area contributed by atoms with Gasteiger partial charge in [0, 0.05) is 23.7 Å². The maximum absolute atomic E-state index is 11.6. The van der Waals surface area contributed by atoms with Crippen molar-refractivity contribution in [3.05, 3.63) is 40.2 Å². The third-order valence-corrected chi connectivity index (χ3v) is 2.91. The number of aliphatic carboxylic acids is 1. The van der Waals surface area contributed by atoms with E-state index in [-0.39, 0.29) is 28.8 Å². The number of benzene rings is 1. The van der Waals surface area contributed by atoms with Gasteiger partial charge in [-0.05, 0) is 12.1 Å². The Bertz CT molecular complexity index is 714. The average molecular weight is 324 g/mol. The molecule has 22 heavy (non-hydrogen) atoms. The minimum Gasteiger partial charge on any atom is -0.481 e. The molecule has 0 atom stereocenters. The maximum Gasteiger partial charge on any atom is 0.418 e. The van der Waals surface area contributed by atoms with Crippen molar-refractivity contribution in [1.82, 2.24) is 9.36 Å². The molecule has 0 aliphatic heterocycles. The Hall–Kier alpha value is -3.08. The SMILES string of the molecule is O=C(O)Cc1nsc(NC(=O)Oc2ccc([N+](=O)[O-])cc2)n1. The molecule has 0 radical (unpaired) electrons. The summed E-state index contributed by atoms with van der Waals surface area (Å²) in [7, 11) is 0. The van der Waals surface area contributed by atoms with Gasteiger partial charge in [0.25, 0.3) is 5.69 Å². The van der Waals surface area contributed by atoms with Gasteiger partial charge in [-0.25, -0.2) is 9.78 Å². The highest BCUT2D eigenvalue weighted by molar-refractivity contribution is 7.09. The fraction of sp³-hybridized carbons (Fsp3) is 0.0909. The number of hydrogen-bond acceptors (Lipinski definition) is 8. The standard InChI is InChI=1S/C11H8N4O6S/c16-9(17)5-8-12-10(22-14-8)13-11(18)21-7-3-1-6(2-4-7)15(19)20/h1-4H,5H2,(H,16,17)(H,12,13,14,18). The summed E-state index contributed by atoms with van der Waals surface area (Å²) in [4.78, 5) is 35.8. The molecule has 0 saturated carbocycles. The maximum atomic E-state index is 11.6. The normalized spacial score (nSPS) is 10.0. The number of carboxylic acid groups (broad SMARTS) is 1. The fourth-order valence-electron chi connectivity index (χ4n) is 1.37. The molecule has 0 bridgehead atoms. The highest BCUT2D eigenvalue weighted by Gasteiger charge is 2.12. The first-order valence-electron chi connectivity index (χ1n) is 5.71. The number of nitrogens with one attached hydrogen (secondary N) is 1. The number of hydrogen-bond donors (Lipinski definition) is 2. The first-order chi connectivity index (χ1) is 10.4. The molecule has 2 N–H and O–H groups in total. The number of anilines is 1. The second-order valence-electron chi connectivity index (χ2n) is 3.85. The lowest BCUT2D eigenvalue weighted by Gasteiger charge is -2.03. The number of amides is 1. The molecular weight excluding hydrogens is 316 g/mol. The Balaban J connectivity index is 1.93. The molecule has 2 aromatic rings. The van der Waals surface area contributed by atoms with Crippen LogP contribution in [0.15, 0.2) is 24.3 Å². The van der Waals surface area contributed by atoms with Crippen LogP contribution in [0.5, 0.6) is 5.75 Å². The minimum atomic E-state index is -1.09. The number of nitro benzene ring substituents is 1. The van der Waals surface area contributed by atoms with Gasteiger partial charge >= 0.3 is 12.1 Å². The zero-order valence-corrected chi connectivity index (χ0v) is 11.6. The van der Waals surface area contributed by atoms with E-state index in [4.69, 9.17) is 9.84 Å². The smallest absolute Gasteiger partial charge is 0.418 e. The number of rotatable bonds is 5. The summed E-state index contributed by atoms with van der Waals surface area (Å²) >= 11 is 0.811. The van der Waals surface area contributed by atoms with Crippen LogP contribution in [0, 0.1) is 10.1 Å². The molecule has 0 spiro atoms. The van der Waals surface area contributed by atoms with Crippen LogP contribution in [0.4, 0.5) is 15.6 Å². The van der Waals surface area contributed by atoms with E-state index in [0.717, 1.165) is 11.5 Å². The molecule has 0 fully saturated rings. The first kappa shape index (κ1) is 15.3. The Labute approximate surface area is 126 Å². The van der Waals surface area contributed by atoms with Crippen LogP contribution >= 0.6 is 11.5 Å². The lowest BCUT2D eigenvalue weighted by molar-refractivity contribution is -0.384. The molecule has 0 unspecified atom stereocenters. The van der Waals surface area contributed by atoms with E-state index in [0.29, 0.717) is 0 Å². The molecule has 2 rings (SSSR count). The number of nitrogens with zero attached hydrogens (tertiary/aromatic N) is 3. The Kier molecular flexibility index (Phi) is 4.58. The van der Waals surface area contributed by atoms with Gasteiger partial charge < -0.3 is 9.84 Å². The molecule has 1 aromatic carbocycles. The molecule has 0 aliphatic carbocycles. The van der Waals surface area contributed by atoms with Crippen molar-refractivity contribution in [2.45, 2.75) is 6.42 Å². The lowest BCUT2D eigenvalue weighted by atomic mass is 10.3. The highest BCUT2D eigenvalue weighted by Crippen LogP contribution is 2.18. The van der Waals surface area contributed by atoms with Crippen molar-refractivity contribution in [3.63, 3.8) is 0 Å². The van der Waals surface area contributed by atoms with Crippen molar-refractivity contribution in [3.8, 4) is 5.75 Å². The number of nitro groups is 1. The second kappa shape index (κ2) is 6.58. The van der Waals surface area contributed by atoms with Gasteiger partial charge in [0.2, 0.25) is 5.13 Å². The summed E-state index contributed by atoms with van der Waals surface area (Å²) in [6.07, 6.45) is -1.22. The van der Waals surface area contributed by atoms with Crippen molar-refractivity contribution in [2.75, 3.05) is 5.32 Å². The van der Waals surface area contributed by atoms with Crippen LogP contribution in [0.25, 0.3) is 0 Å². The summed E-state index contributed by atoms with van der Waals surface area (Å²) in [5.41, 5.74) is -0.129. The topological polar surface area (TPSA) is 145 Å². The Morgan fingerprint density at radius 3 is 2.64 bits per heavy atom. The van der Waals surface area contributed by atoms with Crippen LogP contribution in [0.1, 0.15) is 5.82 Å². The summed E-state index contributed by atoms with van der Waals surface area (Å²) in [5.74, 6) is -0.903. The van der Waals surface area contributed by atoms with E-state index in [1.54, 1.807) is 0 Å². The Morgan fingerprint density at radius 2 is 2.05 bits per heavy atom. The summed E-state index contributed by atoms with van der Waals surface area (Å²) in [6, 6.07) is 4.93. The zero-order chi connectivity index (χ0) is 16.1. The van der Waals surface area contributed by atoms with Crippen LogP contribution < -0.4 is 10.1 Å². The average Bonchev–Trinajstić information content (AvgIpc) is 2.85. The highest BCUT2D eigenvalue weighted by atomic mass is 32.1. The molecule has 1 aromatic heterocycles. The van der Waals surface area contributed by atoms with Crippen LogP contribution in [-0.2, 0) is 11.2 Å². The predicted octanol–water partition coefficient (Wildman–Crippen LogP) is 1.68. The van der Waals surface area contributed by atoms with E-state index in [9.17, 15) is 19.7 Å². The molecule has 114 valence electrons. The molecule has 11 heteroatoms. The van der Waals surface area contributed by atoms with Gasteiger partial charge in [0.05, 0.1) is 4.92 Å². The van der Waals surface area contributed by atoms with Gasteiger partial charge in [0.1, 0.15) is 12.2 Å². The van der Waals surface area contributed by atoms with Crippen LogP contribution in [0.2, 0.25) is 0 Å². The number of carbonyl (C=O) groups excluding carboxylic acids is 1. The van der Waals surface area contributed by atoms with Crippen molar-refractivity contribution < 1.29 is 24.4 Å². The fourth-order valence-corrected chi connectivity index (χ4v) is 1.94. The zero-order valence-electron chi connectivity index (χ0n) is 10.8. The number of carbonyl (C=O) groups is 2. The van der Waals surface area contributed by atoms with Crippen LogP contribution in [-0.4, -0.2) is 31.4 Å². The van der Waals surface area contributed by atoms with Gasteiger partial charge in [-0.15, -0.1) is 0 Å². The first-order valence-corrected chi connectivity index (χ1v) is 6.49. The molecule has 1 amide bonds. The number of aromatic nitrogens is 2. The third kappa shape index (κ3) is 4.21. The van der Waals surface area contributed by atoms with E-state index in [1.165, 1.54) is 24.3 Å². The lowest BCUT2D eigenvalue weighted by Crippen LogP contribution is -2.16. The molecule has 0 saturated heterocycles. The van der Waals surface area contributed by atoms with E-state index >= 15 is 0 Å². The van der Waals surface area contributed by atoms with Crippen molar-refractivity contribution in [1.29, 1.82) is 0 Å². The van der Waals surface area contributed by atoms with E-state index in [1.807, 2.05) is 0 Å².